The largest absolute Gasteiger partial charge is 0.465 e. The molecule has 7 nitrogen and oxygen atoms in total. The Morgan fingerprint density at radius 1 is 1.04 bits per heavy atom. The van der Waals surface area contributed by atoms with E-state index < -0.39 is 5.97 Å². The van der Waals surface area contributed by atoms with E-state index in [2.05, 4.69) is 15.4 Å². The maximum Gasteiger partial charge on any atom is 0.343 e. The van der Waals surface area contributed by atoms with Gasteiger partial charge in [-0.2, -0.15) is 5.10 Å². The summed E-state index contributed by atoms with van der Waals surface area (Å²) in [7, 11) is 1.31. The number of hydrogen-bond acceptors (Lipinski definition) is 5. The molecule has 0 aliphatic carbocycles. The summed E-state index contributed by atoms with van der Waals surface area (Å²) in [5, 5.41) is 7.12. The second-order valence-electron chi connectivity index (χ2n) is 6.02. The van der Waals surface area contributed by atoms with E-state index in [9.17, 15) is 9.59 Å². The first-order valence-electron chi connectivity index (χ1n) is 8.55. The van der Waals surface area contributed by atoms with Gasteiger partial charge in [0.25, 0.3) is 5.91 Å². The van der Waals surface area contributed by atoms with Crippen molar-refractivity contribution in [3.05, 3.63) is 84.2 Å². The summed E-state index contributed by atoms with van der Waals surface area (Å²) in [5.41, 5.74) is 3.37. The van der Waals surface area contributed by atoms with Crippen LogP contribution in [-0.4, -0.2) is 33.6 Å². The number of benzene rings is 2. The number of aromatic nitrogens is 3. The van der Waals surface area contributed by atoms with Gasteiger partial charge in [0, 0.05) is 23.0 Å². The van der Waals surface area contributed by atoms with Crippen LogP contribution in [0.4, 0.5) is 5.69 Å². The summed E-state index contributed by atoms with van der Waals surface area (Å²) >= 11 is 0. The van der Waals surface area contributed by atoms with Crippen LogP contribution < -0.4 is 5.32 Å². The van der Waals surface area contributed by atoms with Gasteiger partial charge in [0.05, 0.1) is 19.0 Å². The van der Waals surface area contributed by atoms with Crippen LogP contribution >= 0.6 is 0 Å². The Labute approximate surface area is 160 Å². The maximum atomic E-state index is 12.6. The molecule has 2 heterocycles. The first-order chi connectivity index (χ1) is 13.7. The molecule has 138 valence electrons. The lowest BCUT2D eigenvalue weighted by molar-refractivity contribution is 0.0602. The van der Waals surface area contributed by atoms with E-state index in [0.717, 1.165) is 11.3 Å². The Morgan fingerprint density at radius 2 is 1.86 bits per heavy atom. The fraction of sp³-hybridized carbons (Fsp3) is 0.0476. The summed E-state index contributed by atoms with van der Waals surface area (Å²) < 4.78 is 6.33. The molecule has 1 amide bonds. The molecule has 2 aromatic heterocycles. The number of fused-ring (bicyclic) bond motifs is 1. The molecule has 0 atom stereocenters. The van der Waals surface area contributed by atoms with Gasteiger partial charge in [-0.05, 0) is 30.3 Å². The Bertz CT molecular complexity index is 1170. The topological polar surface area (TPSA) is 85.6 Å². The van der Waals surface area contributed by atoms with Gasteiger partial charge in [-0.25, -0.2) is 14.3 Å². The van der Waals surface area contributed by atoms with Crippen molar-refractivity contribution in [3.63, 3.8) is 0 Å². The van der Waals surface area contributed by atoms with Gasteiger partial charge in [-0.15, -0.1) is 0 Å². The average Bonchev–Trinajstić information content (AvgIpc) is 3.18. The molecule has 0 fully saturated rings. The number of hydrogen-bond donors (Lipinski definition) is 1. The van der Waals surface area contributed by atoms with E-state index in [1.807, 2.05) is 36.4 Å². The predicted molar refractivity (Wildman–Crippen MR) is 104 cm³/mol. The molecule has 1 N–H and O–H groups in total. The third-order valence-electron chi connectivity index (χ3n) is 4.26. The minimum absolute atomic E-state index is 0.214. The third-order valence-corrected chi connectivity index (χ3v) is 4.26. The number of anilines is 1. The monoisotopic (exact) mass is 372 g/mol. The summed E-state index contributed by atoms with van der Waals surface area (Å²) in [6.07, 6.45) is 3.01. The quantitative estimate of drug-likeness (QED) is 0.555. The number of nitrogens with one attached hydrogen (secondary N) is 1. The van der Waals surface area contributed by atoms with E-state index >= 15 is 0 Å². The minimum Gasteiger partial charge on any atom is -0.465 e. The number of carbonyl (C=O) groups excluding carboxylic acids is 2. The first-order valence-corrected chi connectivity index (χ1v) is 8.55. The molecule has 0 saturated heterocycles. The second-order valence-corrected chi connectivity index (χ2v) is 6.02. The minimum atomic E-state index is -0.504. The second kappa shape index (κ2) is 7.32. The molecule has 0 aliphatic rings. The standard InChI is InChI=1S/C21H16N4O3/c1-28-21(27)17-13-23-25-18(10-11-22-19(17)25)14-6-5-7-15(12-14)20(26)24-16-8-3-2-4-9-16/h2-13H,1H3,(H,24,26). The molecule has 0 unspecified atom stereocenters. The van der Waals surface area contributed by atoms with E-state index in [0.29, 0.717) is 16.9 Å². The maximum absolute atomic E-state index is 12.6. The van der Waals surface area contributed by atoms with Gasteiger partial charge in [0.2, 0.25) is 0 Å². The fourth-order valence-corrected chi connectivity index (χ4v) is 2.91. The Kier molecular flexibility index (Phi) is 4.55. The molecule has 4 rings (SSSR count). The van der Waals surface area contributed by atoms with Crippen molar-refractivity contribution in [1.82, 2.24) is 14.6 Å². The van der Waals surface area contributed by atoms with Gasteiger partial charge in [0.1, 0.15) is 5.56 Å². The van der Waals surface area contributed by atoms with Crippen molar-refractivity contribution in [1.29, 1.82) is 0 Å². The smallest absolute Gasteiger partial charge is 0.343 e. The lowest BCUT2D eigenvalue weighted by Crippen LogP contribution is -2.11. The number of para-hydroxylation sites is 1. The van der Waals surface area contributed by atoms with E-state index in [-0.39, 0.29) is 11.5 Å². The van der Waals surface area contributed by atoms with Gasteiger partial charge >= 0.3 is 5.97 Å². The van der Waals surface area contributed by atoms with Crippen LogP contribution in [-0.2, 0) is 4.74 Å². The highest BCUT2D eigenvalue weighted by Crippen LogP contribution is 2.23. The van der Waals surface area contributed by atoms with Crippen LogP contribution in [0.25, 0.3) is 16.9 Å². The SMILES string of the molecule is COC(=O)c1cnn2c(-c3cccc(C(=O)Nc4ccccc4)c3)ccnc12. The van der Waals surface area contributed by atoms with Crippen molar-refractivity contribution in [3.8, 4) is 11.3 Å². The number of methoxy groups -OCH3 is 1. The van der Waals surface area contributed by atoms with Crippen LogP contribution in [0, 0.1) is 0 Å². The summed E-state index contributed by atoms with van der Waals surface area (Å²) in [6.45, 7) is 0. The Balaban J connectivity index is 1.71. The number of nitrogens with zero attached hydrogens (tertiary/aromatic N) is 3. The highest BCUT2D eigenvalue weighted by molar-refractivity contribution is 6.05. The van der Waals surface area contributed by atoms with Crippen molar-refractivity contribution in [2.75, 3.05) is 12.4 Å². The normalized spacial score (nSPS) is 10.6. The summed E-state index contributed by atoms with van der Waals surface area (Å²) in [6, 6.07) is 18.2. The number of ether oxygens (including phenoxy) is 1. The van der Waals surface area contributed by atoms with Gasteiger partial charge in [0.15, 0.2) is 5.65 Å². The van der Waals surface area contributed by atoms with Crippen LogP contribution in [0.5, 0.6) is 0 Å². The predicted octanol–water partition coefficient (Wildman–Crippen LogP) is 3.44. The molecule has 0 saturated carbocycles. The van der Waals surface area contributed by atoms with E-state index in [1.54, 1.807) is 35.0 Å². The van der Waals surface area contributed by atoms with Crippen molar-refractivity contribution >= 4 is 23.2 Å². The molecule has 0 bridgehead atoms. The van der Waals surface area contributed by atoms with E-state index in [4.69, 9.17) is 4.74 Å². The number of esters is 1. The molecule has 4 aromatic rings. The van der Waals surface area contributed by atoms with Gasteiger partial charge in [-0.3, -0.25) is 4.79 Å². The Morgan fingerprint density at radius 3 is 2.64 bits per heavy atom. The molecule has 2 aromatic carbocycles. The summed E-state index contributed by atoms with van der Waals surface area (Å²) in [4.78, 5) is 28.7. The Hall–Kier alpha value is -4.00. The van der Waals surface area contributed by atoms with Gasteiger partial charge < -0.3 is 10.1 Å². The van der Waals surface area contributed by atoms with Crippen LogP contribution in [0.1, 0.15) is 20.7 Å². The number of rotatable bonds is 4. The van der Waals surface area contributed by atoms with Crippen molar-refractivity contribution < 1.29 is 14.3 Å². The van der Waals surface area contributed by atoms with Crippen LogP contribution in [0.15, 0.2) is 73.1 Å². The molecular weight excluding hydrogens is 356 g/mol. The van der Waals surface area contributed by atoms with E-state index in [1.165, 1.54) is 13.3 Å². The molecule has 0 radical (unpaired) electrons. The lowest BCUT2D eigenvalue weighted by atomic mass is 10.1. The van der Waals surface area contributed by atoms with Crippen LogP contribution in [0.2, 0.25) is 0 Å². The zero-order chi connectivity index (χ0) is 19.5. The third kappa shape index (κ3) is 3.21. The first kappa shape index (κ1) is 17.4. The van der Waals surface area contributed by atoms with Crippen molar-refractivity contribution in [2.45, 2.75) is 0 Å². The highest BCUT2D eigenvalue weighted by atomic mass is 16.5. The number of carbonyl (C=O) groups is 2. The molecular formula is C21H16N4O3. The molecule has 0 aliphatic heterocycles. The van der Waals surface area contributed by atoms with Crippen LogP contribution in [0.3, 0.4) is 0 Å². The zero-order valence-electron chi connectivity index (χ0n) is 15.0. The highest BCUT2D eigenvalue weighted by Gasteiger charge is 2.17. The molecule has 28 heavy (non-hydrogen) atoms. The van der Waals surface area contributed by atoms with Crippen molar-refractivity contribution in [2.24, 2.45) is 0 Å². The number of amides is 1. The summed E-state index contributed by atoms with van der Waals surface area (Å²) in [5.74, 6) is -0.718. The zero-order valence-corrected chi connectivity index (χ0v) is 15.0. The average molecular weight is 372 g/mol. The van der Waals surface area contributed by atoms with Gasteiger partial charge in [-0.1, -0.05) is 30.3 Å². The molecule has 0 spiro atoms. The fourth-order valence-electron chi connectivity index (χ4n) is 2.91. The molecule has 7 heteroatoms. The lowest BCUT2D eigenvalue weighted by Gasteiger charge is -2.08.